The second kappa shape index (κ2) is 5.55. The van der Waals surface area contributed by atoms with Gasteiger partial charge in [-0.2, -0.15) is 4.31 Å². The van der Waals surface area contributed by atoms with Crippen molar-refractivity contribution < 1.29 is 23.1 Å². The number of sulfonamides is 1. The number of carbonyl (C=O) groups excluding carboxylic acids is 1. The van der Waals surface area contributed by atoms with Crippen LogP contribution in [0.1, 0.15) is 0 Å². The maximum absolute atomic E-state index is 12.0. The predicted molar refractivity (Wildman–Crippen MR) is 62.8 cm³/mol. The van der Waals surface area contributed by atoms with Gasteiger partial charge in [-0.3, -0.25) is 0 Å². The van der Waals surface area contributed by atoms with E-state index in [1.165, 1.54) is 25.3 Å². The zero-order valence-corrected chi connectivity index (χ0v) is 11.3. The van der Waals surface area contributed by atoms with E-state index in [1.54, 1.807) is 0 Å². The maximum Gasteiger partial charge on any atom is 0.243 e. The van der Waals surface area contributed by atoms with Gasteiger partial charge in [0.25, 0.3) is 0 Å². The molecule has 0 aliphatic heterocycles. The maximum atomic E-state index is 12.0. The van der Waals surface area contributed by atoms with Crippen molar-refractivity contribution in [2.45, 2.75) is 4.90 Å². The second-order valence-electron chi connectivity index (χ2n) is 3.43. The molecular formula is C10H11ClNO5S-. The molecule has 6 nitrogen and oxygen atoms in total. The number of nitrogens with zero attached hydrogens (tertiary/aromatic N) is 1. The highest BCUT2D eigenvalue weighted by atomic mass is 35.5. The van der Waals surface area contributed by atoms with Crippen LogP contribution in [-0.4, -0.2) is 39.4 Å². The molecule has 0 spiro atoms. The molecule has 0 bridgehead atoms. The lowest BCUT2D eigenvalue weighted by Gasteiger charge is -2.18. The third kappa shape index (κ3) is 3.12. The lowest BCUT2D eigenvalue weighted by atomic mass is 10.3. The minimum atomic E-state index is -3.91. The van der Waals surface area contributed by atoms with Gasteiger partial charge < -0.3 is 14.6 Å². The summed E-state index contributed by atoms with van der Waals surface area (Å²) in [5, 5.41) is 10.5. The number of carboxylic acids is 1. The topological polar surface area (TPSA) is 86.7 Å². The van der Waals surface area contributed by atoms with Crippen molar-refractivity contribution in [3.63, 3.8) is 0 Å². The molecule has 1 rings (SSSR count). The monoisotopic (exact) mass is 292 g/mol. The van der Waals surface area contributed by atoms with Crippen LogP contribution >= 0.6 is 11.6 Å². The number of ether oxygens (including phenoxy) is 1. The summed E-state index contributed by atoms with van der Waals surface area (Å²) < 4.78 is 29.5. The van der Waals surface area contributed by atoms with Gasteiger partial charge in [0.1, 0.15) is 5.75 Å². The fourth-order valence-corrected chi connectivity index (χ4v) is 2.72. The van der Waals surface area contributed by atoms with Crippen LogP contribution in [-0.2, 0) is 14.8 Å². The van der Waals surface area contributed by atoms with Crippen LogP contribution in [0, 0.1) is 0 Å². The Morgan fingerprint density at radius 1 is 1.50 bits per heavy atom. The quantitative estimate of drug-likeness (QED) is 0.745. The van der Waals surface area contributed by atoms with Gasteiger partial charge in [0, 0.05) is 7.05 Å². The molecule has 0 unspecified atom stereocenters. The molecule has 1 aromatic carbocycles. The van der Waals surface area contributed by atoms with Crippen molar-refractivity contribution in [1.29, 1.82) is 0 Å². The summed E-state index contributed by atoms with van der Waals surface area (Å²) in [6.07, 6.45) is 0. The number of carboxylic acid groups (broad SMARTS) is 1. The summed E-state index contributed by atoms with van der Waals surface area (Å²) in [7, 11) is -1.37. The van der Waals surface area contributed by atoms with Gasteiger partial charge in [-0.1, -0.05) is 11.6 Å². The molecule has 0 saturated carbocycles. The second-order valence-corrected chi connectivity index (χ2v) is 5.88. The highest BCUT2D eigenvalue weighted by Gasteiger charge is 2.21. The van der Waals surface area contributed by atoms with Gasteiger partial charge in [0.05, 0.1) is 29.5 Å². The Morgan fingerprint density at radius 2 is 2.11 bits per heavy atom. The van der Waals surface area contributed by atoms with E-state index in [9.17, 15) is 18.3 Å². The summed E-state index contributed by atoms with van der Waals surface area (Å²) in [4.78, 5) is 10.3. The molecule has 100 valence electrons. The smallest absolute Gasteiger partial charge is 0.243 e. The van der Waals surface area contributed by atoms with Crippen molar-refractivity contribution in [1.82, 2.24) is 4.31 Å². The van der Waals surface area contributed by atoms with Crippen LogP contribution in [0.5, 0.6) is 5.75 Å². The highest BCUT2D eigenvalue weighted by Crippen LogP contribution is 2.27. The Balaban J connectivity index is 3.13. The largest absolute Gasteiger partial charge is 0.549 e. The molecule has 0 radical (unpaired) electrons. The molecular weight excluding hydrogens is 282 g/mol. The molecule has 0 fully saturated rings. The zero-order valence-electron chi connectivity index (χ0n) is 9.71. The van der Waals surface area contributed by atoms with Crippen LogP contribution < -0.4 is 9.84 Å². The molecule has 8 heteroatoms. The molecule has 0 aliphatic carbocycles. The Morgan fingerprint density at radius 3 is 2.56 bits per heavy atom. The fourth-order valence-electron chi connectivity index (χ4n) is 1.25. The van der Waals surface area contributed by atoms with Gasteiger partial charge >= 0.3 is 0 Å². The van der Waals surface area contributed by atoms with E-state index in [0.717, 1.165) is 7.05 Å². The first-order valence-corrected chi connectivity index (χ1v) is 6.60. The lowest BCUT2D eigenvalue weighted by molar-refractivity contribution is -0.305. The lowest BCUT2D eigenvalue weighted by Crippen LogP contribution is -2.39. The number of aliphatic carboxylic acids is 1. The van der Waals surface area contributed by atoms with Gasteiger partial charge in [0.2, 0.25) is 10.0 Å². The Kier molecular flexibility index (Phi) is 4.55. The molecule has 0 heterocycles. The van der Waals surface area contributed by atoms with Gasteiger partial charge in [0.15, 0.2) is 0 Å². The minimum absolute atomic E-state index is 0.114. The van der Waals surface area contributed by atoms with Crippen LogP contribution in [0.15, 0.2) is 23.1 Å². The zero-order chi connectivity index (χ0) is 13.9. The average Bonchev–Trinajstić information content (AvgIpc) is 2.27. The summed E-state index contributed by atoms with van der Waals surface area (Å²) in [5.74, 6) is -1.15. The fraction of sp³-hybridized carbons (Fsp3) is 0.300. The molecule has 0 atom stereocenters. The van der Waals surface area contributed by atoms with Gasteiger partial charge in [-0.05, 0) is 18.2 Å². The normalized spacial score (nSPS) is 11.6. The van der Waals surface area contributed by atoms with E-state index < -0.39 is 22.5 Å². The van der Waals surface area contributed by atoms with Crippen molar-refractivity contribution in [3.05, 3.63) is 23.2 Å². The van der Waals surface area contributed by atoms with E-state index in [0.29, 0.717) is 10.1 Å². The Labute approximate surface area is 110 Å². The summed E-state index contributed by atoms with van der Waals surface area (Å²) in [6, 6.07) is 3.87. The summed E-state index contributed by atoms with van der Waals surface area (Å²) in [5.41, 5.74) is 0. The van der Waals surface area contributed by atoms with Crippen molar-refractivity contribution in [3.8, 4) is 5.75 Å². The third-order valence-electron chi connectivity index (χ3n) is 2.18. The van der Waals surface area contributed by atoms with Crippen molar-refractivity contribution in [2.24, 2.45) is 0 Å². The molecule has 0 N–H and O–H groups in total. The average molecular weight is 293 g/mol. The highest BCUT2D eigenvalue weighted by molar-refractivity contribution is 7.89. The van der Waals surface area contributed by atoms with E-state index in [4.69, 9.17) is 16.3 Å². The number of rotatable bonds is 5. The predicted octanol–water partition coefficient (Wildman–Crippen LogP) is -0.281. The van der Waals surface area contributed by atoms with Crippen molar-refractivity contribution in [2.75, 3.05) is 20.7 Å². The van der Waals surface area contributed by atoms with Crippen LogP contribution in [0.4, 0.5) is 0 Å². The Hall–Kier alpha value is -1.31. The summed E-state index contributed by atoms with van der Waals surface area (Å²) >= 11 is 5.81. The van der Waals surface area contributed by atoms with Gasteiger partial charge in [-0.15, -0.1) is 0 Å². The summed E-state index contributed by atoms with van der Waals surface area (Å²) in [6.45, 7) is -0.730. The number of carbonyl (C=O) groups is 1. The van der Waals surface area contributed by atoms with Crippen LogP contribution in [0.3, 0.4) is 0 Å². The van der Waals surface area contributed by atoms with Crippen molar-refractivity contribution >= 4 is 27.6 Å². The molecule has 1 aromatic rings. The molecule has 0 aromatic heterocycles. The first-order valence-electron chi connectivity index (χ1n) is 4.78. The molecule has 0 amide bonds. The van der Waals surface area contributed by atoms with E-state index in [2.05, 4.69) is 0 Å². The molecule has 18 heavy (non-hydrogen) atoms. The minimum Gasteiger partial charge on any atom is -0.549 e. The molecule has 0 saturated heterocycles. The van der Waals surface area contributed by atoms with E-state index in [-0.39, 0.29) is 9.92 Å². The third-order valence-corrected chi connectivity index (χ3v) is 4.28. The van der Waals surface area contributed by atoms with Gasteiger partial charge in [-0.25, -0.2) is 8.42 Å². The SMILES string of the molecule is COc1ccc(S(=O)(=O)N(C)CC(=O)[O-])cc1Cl. The number of hydrogen-bond donors (Lipinski definition) is 0. The number of benzene rings is 1. The Bertz CT molecular complexity index is 557. The van der Waals surface area contributed by atoms with Crippen LogP contribution in [0.2, 0.25) is 5.02 Å². The number of methoxy groups -OCH3 is 1. The first-order chi connectivity index (χ1) is 8.28. The number of hydrogen-bond acceptors (Lipinski definition) is 5. The van der Waals surface area contributed by atoms with E-state index >= 15 is 0 Å². The van der Waals surface area contributed by atoms with E-state index in [1.807, 2.05) is 0 Å². The number of likely N-dealkylation sites (N-methyl/N-ethyl adjacent to an activating group) is 1. The first kappa shape index (κ1) is 14.7. The van der Waals surface area contributed by atoms with Crippen LogP contribution in [0.25, 0.3) is 0 Å². The number of halogens is 1. The molecule has 0 aliphatic rings. The standard InChI is InChI=1S/C10H12ClNO5S/c1-12(6-10(13)14)18(15,16)7-3-4-9(17-2)8(11)5-7/h3-5H,6H2,1-2H3,(H,13,14)/p-1.